The smallest absolute Gasteiger partial charge is 0.504 e. The number of ketones is 2. The van der Waals surface area contributed by atoms with Crippen molar-refractivity contribution in [2.24, 2.45) is 11.8 Å². The largest absolute Gasteiger partial charge is 0.511 e. The van der Waals surface area contributed by atoms with Crippen LogP contribution in [-0.4, -0.2) is 135 Å². The van der Waals surface area contributed by atoms with E-state index in [1.807, 2.05) is 40.8 Å². The number of unbranched alkanes of at least 4 members (excludes halogenated alkanes) is 18. The zero-order chi connectivity index (χ0) is 59.6. The molecule has 2 spiro atoms. The third-order valence-electron chi connectivity index (χ3n) is 21.1. The number of hydrogen-bond donors (Lipinski definition) is 3. The molecule has 12 rings (SSSR count). The molecule has 17 heteroatoms. The molecule has 4 aliphatic heterocycles. The van der Waals surface area contributed by atoms with Crippen molar-refractivity contribution in [2.45, 2.75) is 266 Å². The fourth-order valence-corrected chi connectivity index (χ4v) is 16.6. The number of aliphatic hydroxyl groups is 2. The van der Waals surface area contributed by atoms with E-state index < -0.39 is 46.6 Å². The fourth-order valence-electron chi connectivity index (χ4n) is 16.4. The Morgan fingerprint density at radius 1 is 0.565 bits per heavy atom. The van der Waals surface area contributed by atoms with Crippen LogP contribution in [0, 0.1) is 11.8 Å². The van der Waals surface area contributed by atoms with Crippen LogP contribution in [0.25, 0.3) is 0 Å². The third kappa shape index (κ3) is 13.7. The van der Waals surface area contributed by atoms with E-state index in [0.29, 0.717) is 67.2 Å². The van der Waals surface area contributed by atoms with Crippen LogP contribution in [0.5, 0.6) is 23.0 Å². The van der Waals surface area contributed by atoms with E-state index in [-0.39, 0.29) is 36.2 Å². The summed E-state index contributed by atoms with van der Waals surface area (Å²) in [6, 6.07) is 7.56. The first-order chi connectivity index (χ1) is 41.3. The lowest BCUT2D eigenvalue weighted by Gasteiger charge is -2.62. The topological polar surface area (TPSA) is 200 Å². The van der Waals surface area contributed by atoms with E-state index in [0.717, 1.165) is 112 Å². The normalized spacial score (nSPS) is 28.8. The van der Waals surface area contributed by atoms with Gasteiger partial charge in [0.05, 0.1) is 35.2 Å². The van der Waals surface area contributed by atoms with Crippen LogP contribution in [0.3, 0.4) is 0 Å². The number of piperidine rings is 2. The summed E-state index contributed by atoms with van der Waals surface area (Å²) in [5.74, 6) is 3.14. The highest BCUT2D eigenvalue weighted by atomic mass is 127. The summed E-state index contributed by atoms with van der Waals surface area (Å²) in [5, 5.41) is 34.7. The molecule has 0 aromatic heterocycles. The lowest BCUT2D eigenvalue weighted by atomic mass is 9.49. The number of carbonyl (C=O) groups excluding carboxylic acids is 4. The van der Waals surface area contributed by atoms with Crippen LogP contribution in [0.1, 0.15) is 229 Å². The van der Waals surface area contributed by atoms with E-state index in [2.05, 4.69) is 28.4 Å². The average molecular weight is 1300 g/mol. The molecule has 4 heterocycles. The summed E-state index contributed by atoms with van der Waals surface area (Å²) in [4.78, 5) is 53.9. The van der Waals surface area contributed by atoms with Gasteiger partial charge in [0.15, 0.2) is 46.8 Å². The van der Waals surface area contributed by atoms with Crippen molar-refractivity contribution >= 4 is 46.5 Å². The fraction of sp³-hybridized carbons (Fsp3) is 0.765. The molecule has 16 nitrogen and oxygen atoms in total. The second-order valence-corrected chi connectivity index (χ2v) is 27.3. The highest BCUT2D eigenvalue weighted by Gasteiger charge is 2.75. The Kier molecular flexibility index (Phi) is 22.0. The maximum atomic E-state index is 13.2. The van der Waals surface area contributed by atoms with Gasteiger partial charge >= 0.3 is 12.3 Å². The van der Waals surface area contributed by atoms with Gasteiger partial charge in [0.25, 0.3) is 0 Å². The number of carbonyl (C=O) groups is 4. The Morgan fingerprint density at radius 3 is 1.45 bits per heavy atom. The predicted octanol–water partition coefficient (Wildman–Crippen LogP) is 13.2. The van der Waals surface area contributed by atoms with Gasteiger partial charge in [0.1, 0.15) is 4.61 Å². The zero-order valence-corrected chi connectivity index (χ0v) is 53.3. The quantitative estimate of drug-likeness (QED) is 0.0219. The summed E-state index contributed by atoms with van der Waals surface area (Å²) in [7, 11) is 0. The number of ether oxygens (including phenoxy) is 7. The molecule has 85 heavy (non-hydrogen) atoms. The number of alkyl halides is 1. The zero-order valence-electron chi connectivity index (χ0n) is 51.2. The molecule has 3 N–H and O–H groups in total. The first-order valence-corrected chi connectivity index (χ1v) is 35.0. The number of phenolic OH excluding ortho intramolecular Hbond substituents is 1. The third-order valence-corrected chi connectivity index (χ3v) is 21.4. The Labute approximate surface area is 518 Å². The second-order valence-electron chi connectivity index (χ2n) is 26.6. The molecule has 4 bridgehead atoms. The highest BCUT2D eigenvalue weighted by molar-refractivity contribution is 14.1. The van der Waals surface area contributed by atoms with Crippen LogP contribution >= 0.6 is 22.6 Å². The lowest BCUT2D eigenvalue weighted by molar-refractivity contribution is -0.188. The number of likely N-dealkylation sites (tertiary alicyclic amines) is 2. The van der Waals surface area contributed by atoms with Crippen molar-refractivity contribution in [1.29, 1.82) is 0 Å². The summed E-state index contributed by atoms with van der Waals surface area (Å²) >= 11 is 1.97. The van der Waals surface area contributed by atoms with Crippen molar-refractivity contribution in [1.82, 2.24) is 9.80 Å². The first-order valence-electron chi connectivity index (χ1n) is 33.4. The number of nitrogens with zero attached hydrogens (tertiary/aromatic N) is 2. The number of hydrogen-bond acceptors (Lipinski definition) is 16. The molecular weight excluding hydrogens is 1200 g/mol. The Bertz CT molecular complexity index is 2610. The number of Topliss-reactive ketones (excluding diaryl/α,β-unsaturated/α-hetero) is 2. The molecule has 2 unspecified atom stereocenters. The summed E-state index contributed by atoms with van der Waals surface area (Å²) in [6.07, 6.45) is 32.1. The van der Waals surface area contributed by atoms with Gasteiger partial charge < -0.3 is 48.5 Å². The number of aromatic hydroxyl groups is 1. The van der Waals surface area contributed by atoms with Gasteiger partial charge in [-0.05, 0) is 148 Å². The van der Waals surface area contributed by atoms with Crippen LogP contribution < -0.4 is 14.2 Å². The Morgan fingerprint density at radius 2 is 0.988 bits per heavy atom. The lowest BCUT2D eigenvalue weighted by Crippen LogP contribution is -2.76. The van der Waals surface area contributed by atoms with E-state index >= 15 is 0 Å². The maximum absolute atomic E-state index is 13.2. The first kappa shape index (κ1) is 64.1. The van der Waals surface area contributed by atoms with Crippen molar-refractivity contribution < 1.29 is 67.7 Å². The van der Waals surface area contributed by atoms with E-state index in [1.54, 1.807) is 6.07 Å². The SMILES string of the molecule is CCCCCCCCCCCCOC(=O)OCI.CCCCCCCCCCCCOC(=O)OCOc1ccc2c3c1O[C@H]1C(=O)CC[C@@]4(O)C(C2)N(CC2CC2)CC[C@]314.O=C1CC[C@@]2(O)C3Cc4ccc(O)c5c4[C@@]2(CCN3CC2CC2)[C@H]1O5. The van der Waals surface area contributed by atoms with Gasteiger partial charge in [-0.3, -0.25) is 19.4 Å². The minimum Gasteiger partial charge on any atom is -0.504 e. The van der Waals surface area contributed by atoms with Gasteiger partial charge in [0.2, 0.25) is 6.79 Å². The van der Waals surface area contributed by atoms with Gasteiger partial charge in [-0.25, -0.2) is 9.59 Å². The van der Waals surface area contributed by atoms with E-state index in [1.165, 1.54) is 122 Å². The van der Waals surface area contributed by atoms with Gasteiger partial charge in [-0.15, -0.1) is 0 Å². The molecule has 472 valence electrons. The minimum absolute atomic E-state index is 0.00933. The summed E-state index contributed by atoms with van der Waals surface area (Å²) in [5.41, 5.74) is 0.761. The van der Waals surface area contributed by atoms with E-state index in [4.69, 9.17) is 28.4 Å². The number of benzene rings is 2. The predicted molar refractivity (Wildman–Crippen MR) is 331 cm³/mol. The van der Waals surface area contributed by atoms with Gasteiger partial charge in [0, 0.05) is 49.1 Å². The van der Waals surface area contributed by atoms with Crippen molar-refractivity contribution in [2.75, 3.05) is 50.8 Å². The number of phenols is 1. The van der Waals surface area contributed by atoms with Crippen LogP contribution in [0.4, 0.5) is 9.59 Å². The Balaban J connectivity index is 0.000000158. The molecule has 4 saturated carbocycles. The van der Waals surface area contributed by atoms with Gasteiger partial charge in [-0.1, -0.05) is 142 Å². The molecule has 2 aromatic carbocycles. The van der Waals surface area contributed by atoms with Crippen LogP contribution in [0.2, 0.25) is 0 Å². The molecule has 10 aliphatic rings. The molecular formula is C68H99IN2O14. The molecule has 6 fully saturated rings. The molecule has 2 aromatic rings. The number of rotatable bonds is 30. The van der Waals surface area contributed by atoms with Crippen molar-refractivity contribution in [3.63, 3.8) is 0 Å². The molecule has 8 atom stereocenters. The van der Waals surface area contributed by atoms with Crippen LogP contribution in [0.15, 0.2) is 24.3 Å². The molecule has 2 saturated heterocycles. The minimum atomic E-state index is -1.01. The van der Waals surface area contributed by atoms with Crippen molar-refractivity contribution in [3.05, 3.63) is 46.5 Å². The Hall–Kier alpha value is -3.91. The molecule has 0 radical (unpaired) electrons. The average Bonchev–Trinajstić information content (AvgIpc) is 1.66. The summed E-state index contributed by atoms with van der Waals surface area (Å²) < 4.78 is 38.6. The molecule has 0 amide bonds. The van der Waals surface area contributed by atoms with Crippen LogP contribution in [-0.2, 0) is 52.2 Å². The highest BCUT2D eigenvalue weighted by Crippen LogP contribution is 2.67. The maximum Gasteiger partial charge on any atom is 0.511 e. The number of halogens is 1. The second kappa shape index (κ2) is 29.2. The van der Waals surface area contributed by atoms with Gasteiger partial charge in [-0.2, -0.15) is 0 Å². The van der Waals surface area contributed by atoms with Crippen molar-refractivity contribution in [3.8, 4) is 23.0 Å². The monoisotopic (exact) mass is 1290 g/mol. The summed E-state index contributed by atoms with van der Waals surface area (Å²) in [6.45, 7) is 8.85. The molecule has 6 aliphatic carbocycles. The van der Waals surface area contributed by atoms with E-state index in [9.17, 15) is 34.5 Å². The standard InChI is InChI=1S/C34H49NO7.C20H23NO4.C14H27IO3/c1-2-3-4-5-6-7-8-9-10-11-20-39-32(37)41-23-40-27-15-14-25-21-28-34(38)17-16-26(36)31-33(34,29(25)30(27)42-31)18-19-35(28)22-24-12-13-24;22-13-4-3-12-9-15-20(24)6-5-14(23)18-19(20,16(12)17(13)25-18)7-8-21(15)10-11-1-2-11;1-2-3-4-5-6-7-8-9-10-11-12-17-14(16)18-13-15/h14-15,24,28,31,38H,2-13,16-23H2,1H3;3-4,11,15,18,22,24H,1-2,5-10H2;2-13H2,1H3/t28?,31-,33-,34+;15?,18-,19-,20+;/m00./s1.